The molecule has 0 aliphatic carbocycles. The lowest BCUT2D eigenvalue weighted by molar-refractivity contribution is -0.131. The molecule has 0 bridgehead atoms. The summed E-state index contributed by atoms with van der Waals surface area (Å²) in [6.45, 7) is 6.97. The molecule has 1 amide bonds. The van der Waals surface area contributed by atoms with Gasteiger partial charge in [-0.2, -0.15) is 4.98 Å². The van der Waals surface area contributed by atoms with Crippen molar-refractivity contribution in [1.82, 2.24) is 19.9 Å². The molecule has 6 heteroatoms. The van der Waals surface area contributed by atoms with Crippen molar-refractivity contribution < 1.29 is 9.32 Å². The molecule has 1 atom stereocenters. The fourth-order valence-electron chi connectivity index (χ4n) is 3.35. The van der Waals surface area contributed by atoms with Gasteiger partial charge < -0.3 is 14.3 Å². The Hall–Kier alpha value is -2.21. The largest absolute Gasteiger partial charge is 0.339 e. The van der Waals surface area contributed by atoms with Gasteiger partial charge in [0.1, 0.15) is 0 Å². The van der Waals surface area contributed by atoms with Crippen LogP contribution < -0.4 is 0 Å². The van der Waals surface area contributed by atoms with E-state index in [1.807, 2.05) is 17.9 Å². The summed E-state index contributed by atoms with van der Waals surface area (Å²) in [4.78, 5) is 20.8. The monoisotopic (exact) mass is 342 g/mol. The van der Waals surface area contributed by atoms with Crippen LogP contribution in [0.25, 0.3) is 0 Å². The molecule has 3 rings (SSSR count). The number of aryl methyl sites for hydroxylation is 1. The fourth-order valence-corrected chi connectivity index (χ4v) is 3.35. The zero-order valence-corrected chi connectivity index (χ0v) is 15.0. The van der Waals surface area contributed by atoms with Crippen LogP contribution in [0, 0.1) is 0 Å². The minimum Gasteiger partial charge on any atom is -0.339 e. The van der Waals surface area contributed by atoms with Crippen LogP contribution in [0.2, 0.25) is 0 Å². The highest BCUT2D eigenvalue weighted by molar-refractivity contribution is 5.73. The molecule has 2 heterocycles. The number of aromatic nitrogens is 2. The van der Waals surface area contributed by atoms with Crippen LogP contribution in [0.15, 0.2) is 34.9 Å². The summed E-state index contributed by atoms with van der Waals surface area (Å²) in [7, 11) is 0. The van der Waals surface area contributed by atoms with Crippen molar-refractivity contribution in [2.45, 2.75) is 45.7 Å². The lowest BCUT2D eigenvalue weighted by atomic mass is 10.1. The van der Waals surface area contributed by atoms with Gasteiger partial charge in [-0.1, -0.05) is 42.4 Å². The minimum atomic E-state index is 0.0674. The van der Waals surface area contributed by atoms with Gasteiger partial charge in [-0.15, -0.1) is 0 Å². The maximum Gasteiger partial charge on any atom is 0.226 e. The van der Waals surface area contributed by atoms with E-state index in [0.717, 1.165) is 32.5 Å². The number of likely N-dealkylation sites (tertiary alicyclic amines) is 1. The van der Waals surface area contributed by atoms with Crippen LogP contribution in [-0.2, 0) is 24.2 Å². The third-order valence-electron chi connectivity index (χ3n) is 4.78. The van der Waals surface area contributed by atoms with Crippen molar-refractivity contribution in [2.24, 2.45) is 0 Å². The zero-order valence-electron chi connectivity index (χ0n) is 15.0. The summed E-state index contributed by atoms with van der Waals surface area (Å²) >= 11 is 0. The number of hydrogen-bond acceptors (Lipinski definition) is 5. The van der Waals surface area contributed by atoms with Crippen LogP contribution in [0.1, 0.15) is 37.5 Å². The SMILES string of the molecule is CCc1nc(CN(C(C)=O)[C@H]2CCN(CCc3ccccc3)C2)no1. The Morgan fingerprint density at radius 2 is 2.16 bits per heavy atom. The van der Waals surface area contributed by atoms with Crippen LogP contribution >= 0.6 is 0 Å². The first-order chi connectivity index (χ1) is 12.2. The van der Waals surface area contributed by atoms with Gasteiger partial charge in [0, 0.05) is 39.0 Å². The molecule has 0 radical (unpaired) electrons. The number of hydrogen-bond donors (Lipinski definition) is 0. The summed E-state index contributed by atoms with van der Waals surface area (Å²) < 4.78 is 5.16. The summed E-state index contributed by atoms with van der Waals surface area (Å²) in [6, 6.07) is 10.7. The zero-order chi connectivity index (χ0) is 17.6. The number of carbonyl (C=O) groups is 1. The second-order valence-electron chi connectivity index (χ2n) is 6.58. The molecule has 1 aromatic carbocycles. The summed E-state index contributed by atoms with van der Waals surface area (Å²) in [5.41, 5.74) is 1.35. The van der Waals surface area contributed by atoms with E-state index < -0.39 is 0 Å². The predicted octanol–water partition coefficient (Wildman–Crippen LogP) is 2.30. The smallest absolute Gasteiger partial charge is 0.226 e. The van der Waals surface area contributed by atoms with E-state index in [9.17, 15) is 4.79 Å². The summed E-state index contributed by atoms with van der Waals surface area (Å²) in [6.07, 6.45) is 2.74. The quantitative estimate of drug-likeness (QED) is 0.772. The molecule has 1 saturated heterocycles. The molecule has 25 heavy (non-hydrogen) atoms. The Balaban J connectivity index is 1.55. The molecule has 1 aliphatic rings. The molecular formula is C19H26N4O2. The molecule has 1 fully saturated rings. The Labute approximate surface area is 148 Å². The van der Waals surface area contributed by atoms with Crippen molar-refractivity contribution in [3.05, 3.63) is 47.6 Å². The minimum absolute atomic E-state index is 0.0674. The number of nitrogens with zero attached hydrogens (tertiary/aromatic N) is 4. The normalized spacial score (nSPS) is 17.8. The third kappa shape index (κ3) is 4.66. The molecule has 0 spiro atoms. The standard InChI is InChI=1S/C19H26N4O2/c1-3-19-20-18(21-25-19)14-23(15(2)24)17-10-12-22(13-17)11-9-16-7-5-4-6-8-16/h4-8,17H,3,9-14H2,1-2H3/t17-/m0/s1. The van der Waals surface area contributed by atoms with Gasteiger partial charge in [0.2, 0.25) is 11.8 Å². The highest BCUT2D eigenvalue weighted by atomic mass is 16.5. The molecule has 134 valence electrons. The van der Waals surface area contributed by atoms with E-state index >= 15 is 0 Å². The second-order valence-corrected chi connectivity index (χ2v) is 6.58. The molecule has 0 unspecified atom stereocenters. The van der Waals surface area contributed by atoms with Crippen LogP contribution in [0.3, 0.4) is 0 Å². The van der Waals surface area contributed by atoms with E-state index in [1.54, 1.807) is 6.92 Å². The van der Waals surface area contributed by atoms with Crippen molar-refractivity contribution in [1.29, 1.82) is 0 Å². The van der Waals surface area contributed by atoms with Gasteiger partial charge in [-0.3, -0.25) is 4.79 Å². The Kier molecular flexibility index (Phi) is 5.81. The molecule has 1 aromatic heterocycles. The average molecular weight is 342 g/mol. The fraction of sp³-hybridized carbons (Fsp3) is 0.526. The van der Waals surface area contributed by atoms with E-state index in [0.29, 0.717) is 24.7 Å². The van der Waals surface area contributed by atoms with Gasteiger partial charge in [0.15, 0.2) is 5.82 Å². The van der Waals surface area contributed by atoms with Crippen molar-refractivity contribution >= 4 is 5.91 Å². The van der Waals surface area contributed by atoms with Gasteiger partial charge in [0.25, 0.3) is 0 Å². The van der Waals surface area contributed by atoms with Crippen LogP contribution in [0.4, 0.5) is 0 Å². The van der Waals surface area contributed by atoms with Crippen molar-refractivity contribution in [2.75, 3.05) is 19.6 Å². The molecular weight excluding hydrogens is 316 g/mol. The summed E-state index contributed by atoms with van der Waals surface area (Å²) in [5, 5.41) is 3.98. The number of rotatable bonds is 7. The Bertz CT molecular complexity index is 686. The number of amides is 1. The van der Waals surface area contributed by atoms with Crippen LogP contribution in [0.5, 0.6) is 0 Å². The van der Waals surface area contributed by atoms with Crippen molar-refractivity contribution in [3.63, 3.8) is 0 Å². The van der Waals surface area contributed by atoms with E-state index in [2.05, 4.69) is 39.3 Å². The van der Waals surface area contributed by atoms with E-state index in [-0.39, 0.29) is 11.9 Å². The van der Waals surface area contributed by atoms with Gasteiger partial charge >= 0.3 is 0 Å². The Morgan fingerprint density at radius 3 is 2.84 bits per heavy atom. The lowest BCUT2D eigenvalue weighted by Gasteiger charge is -2.27. The summed E-state index contributed by atoms with van der Waals surface area (Å²) in [5.74, 6) is 1.28. The molecule has 1 aliphatic heterocycles. The van der Waals surface area contributed by atoms with E-state index in [1.165, 1.54) is 5.56 Å². The third-order valence-corrected chi connectivity index (χ3v) is 4.78. The lowest BCUT2D eigenvalue weighted by Crippen LogP contribution is -2.40. The van der Waals surface area contributed by atoms with E-state index in [4.69, 9.17) is 4.52 Å². The van der Waals surface area contributed by atoms with Crippen molar-refractivity contribution in [3.8, 4) is 0 Å². The Morgan fingerprint density at radius 1 is 1.36 bits per heavy atom. The topological polar surface area (TPSA) is 62.5 Å². The van der Waals surface area contributed by atoms with Crippen LogP contribution in [-0.4, -0.2) is 51.5 Å². The number of carbonyl (C=O) groups excluding carboxylic acids is 1. The molecule has 0 saturated carbocycles. The maximum absolute atomic E-state index is 12.1. The molecule has 6 nitrogen and oxygen atoms in total. The van der Waals surface area contributed by atoms with Gasteiger partial charge in [-0.25, -0.2) is 0 Å². The first kappa shape index (κ1) is 17.6. The second kappa shape index (κ2) is 8.25. The average Bonchev–Trinajstić information content (AvgIpc) is 3.27. The molecule has 2 aromatic rings. The molecule has 0 N–H and O–H groups in total. The van der Waals surface area contributed by atoms with Gasteiger partial charge in [-0.05, 0) is 18.4 Å². The maximum atomic E-state index is 12.1. The highest BCUT2D eigenvalue weighted by Crippen LogP contribution is 2.18. The predicted molar refractivity (Wildman–Crippen MR) is 94.9 cm³/mol. The first-order valence-electron chi connectivity index (χ1n) is 9.00. The van der Waals surface area contributed by atoms with Gasteiger partial charge in [0.05, 0.1) is 6.54 Å². The number of benzene rings is 1. The first-order valence-corrected chi connectivity index (χ1v) is 9.00. The highest BCUT2D eigenvalue weighted by Gasteiger charge is 2.30.